The third-order valence-electron chi connectivity index (χ3n) is 7.29. The number of hydrogen-bond acceptors (Lipinski definition) is 4. The Bertz CT molecular complexity index is 1070. The second-order valence-electron chi connectivity index (χ2n) is 9.88. The molecule has 1 N–H and O–H groups in total. The largest absolute Gasteiger partial charge is 0.351 e. The average Bonchev–Trinajstić information content (AvgIpc) is 3.59. The molecule has 0 bridgehead atoms. The molecule has 2 saturated carbocycles. The molecule has 2 atom stereocenters. The molecule has 2 aliphatic carbocycles. The molecule has 2 amide bonds. The first-order chi connectivity index (χ1) is 16.5. The van der Waals surface area contributed by atoms with Gasteiger partial charge in [-0.15, -0.1) is 0 Å². The lowest BCUT2D eigenvalue weighted by Gasteiger charge is -2.41. The maximum Gasteiger partial charge on any atom is 0.278 e. The van der Waals surface area contributed by atoms with E-state index in [-0.39, 0.29) is 42.3 Å². The molecule has 0 saturated heterocycles. The molecule has 1 aromatic carbocycles. The Kier molecular flexibility index (Phi) is 6.83. The molecule has 2 aliphatic rings. The predicted octanol–water partition coefficient (Wildman–Crippen LogP) is 5.01. The van der Waals surface area contributed by atoms with Crippen LogP contribution in [-0.2, 0) is 20.5 Å². The van der Waals surface area contributed by atoms with Crippen molar-refractivity contribution in [2.24, 2.45) is 0 Å². The summed E-state index contributed by atoms with van der Waals surface area (Å²) in [6.07, 6.45) is 5.57. The van der Waals surface area contributed by atoms with Crippen LogP contribution >= 0.6 is 11.6 Å². The summed E-state index contributed by atoms with van der Waals surface area (Å²) in [7, 11) is 0. The summed E-state index contributed by atoms with van der Waals surface area (Å²) >= 11 is 5.60. The highest BCUT2D eigenvalue weighted by Crippen LogP contribution is 2.48. The number of alkyl halides is 4. The Morgan fingerprint density at radius 2 is 1.69 bits per heavy atom. The summed E-state index contributed by atoms with van der Waals surface area (Å²) in [5.41, 5.74) is -2.58. The number of carbonyl (C=O) groups excluding carboxylic acids is 2. The van der Waals surface area contributed by atoms with Crippen molar-refractivity contribution in [1.29, 1.82) is 0 Å². The molecule has 2 aromatic rings. The highest BCUT2D eigenvalue weighted by Gasteiger charge is 2.48. The Balaban J connectivity index is 1.74. The van der Waals surface area contributed by atoms with Gasteiger partial charge in [0.1, 0.15) is 6.33 Å². The van der Waals surface area contributed by atoms with Crippen LogP contribution in [0, 0.1) is 0 Å². The van der Waals surface area contributed by atoms with Gasteiger partial charge in [0.15, 0.2) is 5.54 Å². The topological polar surface area (TPSA) is 75.2 Å². The first-order valence-electron chi connectivity index (χ1n) is 11.6. The van der Waals surface area contributed by atoms with Crippen LogP contribution in [0.25, 0.3) is 0 Å². The molecule has 10 heteroatoms. The molecule has 2 fully saturated rings. The number of aromatic nitrogens is 2. The van der Waals surface area contributed by atoms with Crippen LogP contribution in [0.2, 0.25) is 0 Å². The fourth-order valence-electron chi connectivity index (χ4n) is 4.62. The Morgan fingerprint density at radius 3 is 2.20 bits per heavy atom. The smallest absolute Gasteiger partial charge is 0.278 e. The zero-order chi connectivity index (χ0) is 25.4. The SMILES string of the molecule is CC1(c2ccc(N(C(=O)[C@H](F)Cl)[C@](C)(C(=O)NC3CCC(F)(F)CC3)c3cncnc3)cc2)CC1. The Labute approximate surface area is 207 Å². The van der Waals surface area contributed by atoms with Crippen molar-refractivity contribution in [3.63, 3.8) is 0 Å². The van der Waals surface area contributed by atoms with Gasteiger partial charge in [0, 0.05) is 42.5 Å². The predicted molar refractivity (Wildman–Crippen MR) is 126 cm³/mol. The third-order valence-corrected chi connectivity index (χ3v) is 7.48. The van der Waals surface area contributed by atoms with Crippen molar-refractivity contribution in [2.45, 2.75) is 80.9 Å². The molecule has 0 aliphatic heterocycles. The number of nitrogens with zero attached hydrogens (tertiary/aromatic N) is 3. The minimum Gasteiger partial charge on any atom is -0.351 e. The minimum atomic E-state index is -2.76. The fraction of sp³-hybridized carbons (Fsp3) is 0.520. The quantitative estimate of drug-likeness (QED) is 0.534. The number of anilines is 1. The molecule has 1 aromatic heterocycles. The van der Waals surface area contributed by atoms with Gasteiger partial charge in [-0.25, -0.2) is 23.1 Å². The van der Waals surface area contributed by atoms with Gasteiger partial charge in [-0.05, 0) is 55.7 Å². The third kappa shape index (κ3) is 5.15. The molecule has 35 heavy (non-hydrogen) atoms. The van der Waals surface area contributed by atoms with E-state index in [1.54, 1.807) is 12.1 Å². The van der Waals surface area contributed by atoms with Crippen LogP contribution in [0.15, 0.2) is 43.0 Å². The Morgan fingerprint density at radius 1 is 1.11 bits per heavy atom. The van der Waals surface area contributed by atoms with Crippen molar-refractivity contribution >= 4 is 29.1 Å². The van der Waals surface area contributed by atoms with Gasteiger partial charge in [-0.2, -0.15) is 0 Å². The highest BCUT2D eigenvalue weighted by molar-refractivity contribution is 6.32. The van der Waals surface area contributed by atoms with Gasteiger partial charge in [0.2, 0.25) is 5.92 Å². The van der Waals surface area contributed by atoms with E-state index in [2.05, 4.69) is 22.2 Å². The standard InChI is InChI=1S/C25H28ClF3N4O2/c1-23(11-12-23)16-3-5-19(6-4-16)33(21(34)20(26)27)24(2,17-13-30-15-31-14-17)22(35)32-18-7-9-25(28,29)10-8-18/h3-6,13-15,18,20H,7-12H2,1-2H3,(H,32,35)/t20-,24-/m0/s1. The first kappa shape index (κ1) is 25.4. The van der Waals surface area contributed by atoms with Crippen LogP contribution in [0.4, 0.5) is 18.9 Å². The summed E-state index contributed by atoms with van der Waals surface area (Å²) in [5.74, 6) is -4.56. The normalized spacial score (nSPS) is 21.4. The van der Waals surface area contributed by atoms with Crippen LogP contribution < -0.4 is 10.2 Å². The maximum absolute atomic E-state index is 14.3. The molecule has 6 nitrogen and oxygen atoms in total. The van der Waals surface area contributed by atoms with E-state index in [9.17, 15) is 22.8 Å². The van der Waals surface area contributed by atoms with Crippen molar-refractivity contribution < 1.29 is 22.8 Å². The van der Waals surface area contributed by atoms with E-state index in [1.807, 2.05) is 12.1 Å². The second-order valence-corrected chi connectivity index (χ2v) is 10.3. The zero-order valence-electron chi connectivity index (χ0n) is 19.6. The van der Waals surface area contributed by atoms with E-state index >= 15 is 0 Å². The van der Waals surface area contributed by atoms with Gasteiger partial charge in [-0.1, -0.05) is 30.7 Å². The van der Waals surface area contributed by atoms with Crippen molar-refractivity contribution in [1.82, 2.24) is 15.3 Å². The molecule has 4 rings (SSSR count). The summed E-state index contributed by atoms with van der Waals surface area (Å²) in [5, 5.41) is 2.80. The molecular weight excluding hydrogens is 481 g/mol. The number of halogens is 4. The van der Waals surface area contributed by atoms with E-state index < -0.39 is 34.9 Å². The second kappa shape index (κ2) is 9.41. The van der Waals surface area contributed by atoms with Crippen molar-refractivity contribution in [3.05, 3.63) is 54.1 Å². The lowest BCUT2D eigenvalue weighted by Crippen LogP contribution is -2.60. The van der Waals surface area contributed by atoms with Gasteiger partial charge in [-0.3, -0.25) is 14.5 Å². The van der Waals surface area contributed by atoms with E-state index in [4.69, 9.17) is 11.6 Å². The fourth-order valence-corrected chi connectivity index (χ4v) is 4.71. The number of benzene rings is 1. The molecular formula is C25H28ClF3N4O2. The van der Waals surface area contributed by atoms with Crippen LogP contribution in [0.1, 0.15) is 63.5 Å². The highest BCUT2D eigenvalue weighted by atomic mass is 35.5. The minimum absolute atomic E-state index is 0.0689. The zero-order valence-corrected chi connectivity index (χ0v) is 20.4. The number of amides is 2. The van der Waals surface area contributed by atoms with Crippen molar-refractivity contribution in [3.8, 4) is 0 Å². The van der Waals surface area contributed by atoms with Gasteiger partial charge >= 0.3 is 0 Å². The van der Waals surface area contributed by atoms with Gasteiger partial charge in [0.25, 0.3) is 17.4 Å². The number of rotatable bonds is 7. The number of nitrogens with one attached hydrogen (secondary N) is 1. The van der Waals surface area contributed by atoms with Crippen LogP contribution in [0.3, 0.4) is 0 Å². The van der Waals surface area contributed by atoms with E-state index in [0.29, 0.717) is 0 Å². The van der Waals surface area contributed by atoms with Crippen molar-refractivity contribution in [2.75, 3.05) is 4.90 Å². The monoisotopic (exact) mass is 508 g/mol. The maximum atomic E-state index is 14.3. The van der Waals surface area contributed by atoms with E-state index in [0.717, 1.165) is 23.3 Å². The number of carbonyl (C=O) groups is 2. The molecule has 0 unspecified atom stereocenters. The van der Waals surface area contributed by atoms with Gasteiger partial charge < -0.3 is 5.32 Å². The average molecular weight is 509 g/mol. The lowest BCUT2D eigenvalue weighted by molar-refractivity contribution is -0.132. The molecule has 0 radical (unpaired) electrons. The molecule has 1 heterocycles. The summed E-state index contributed by atoms with van der Waals surface area (Å²) in [6.45, 7) is 3.58. The number of hydrogen-bond donors (Lipinski definition) is 1. The Hall–Kier alpha value is -2.68. The molecule has 188 valence electrons. The summed E-state index contributed by atoms with van der Waals surface area (Å²) < 4.78 is 41.6. The van der Waals surface area contributed by atoms with Crippen LogP contribution in [-0.4, -0.2) is 39.4 Å². The molecule has 0 spiro atoms. The van der Waals surface area contributed by atoms with E-state index in [1.165, 1.54) is 25.6 Å². The van der Waals surface area contributed by atoms with Gasteiger partial charge in [0.05, 0.1) is 0 Å². The van der Waals surface area contributed by atoms with Crippen LogP contribution in [0.5, 0.6) is 0 Å². The summed E-state index contributed by atoms with van der Waals surface area (Å²) in [6, 6.07) is 6.51. The summed E-state index contributed by atoms with van der Waals surface area (Å²) in [4.78, 5) is 35.9. The lowest BCUT2D eigenvalue weighted by atomic mass is 9.87. The first-order valence-corrected chi connectivity index (χ1v) is 12.1.